The van der Waals surface area contributed by atoms with Crippen molar-refractivity contribution in [2.75, 3.05) is 25.6 Å². The molecule has 0 spiro atoms. The lowest BCUT2D eigenvalue weighted by atomic mass is 10.1. The van der Waals surface area contributed by atoms with Crippen LogP contribution >= 0.6 is 0 Å². The zero-order valence-corrected chi connectivity index (χ0v) is 13.8. The standard InChI is InChI=1S/C19H21N3O/c1-14-12-19(21-18-13-16(23-3)7-8-17(14)18)22(2)11-9-15-6-4-5-10-20-15/h4-8,10,12-13H,9,11H2,1-3H3. The van der Waals surface area contributed by atoms with Crippen LogP contribution in [-0.4, -0.2) is 30.7 Å². The van der Waals surface area contributed by atoms with Crippen LogP contribution in [0.2, 0.25) is 0 Å². The van der Waals surface area contributed by atoms with Crippen LogP contribution in [0.15, 0.2) is 48.7 Å². The van der Waals surface area contributed by atoms with Gasteiger partial charge in [0.25, 0.3) is 0 Å². The number of likely N-dealkylation sites (N-methyl/N-ethyl adjacent to an activating group) is 1. The summed E-state index contributed by atoms with van der Waals surface area (Å²) in [7, 11) is 3.74. The van der Waals surface area contributed by atoms with E-state index in [1.165, 1.54) is 5.56 Å². The minimum Gasteiger partial charge on any atom is -0.497 e. The molecule has 3 aromatic rings. The minimum atomic E-state index is 0.831. The molecule has 0 N–H and O–H groups in total. The fraction of sp³-hybridized carbons (Fsp3) is 0.263. The smallest absolute Gasteiger partial charge is 0.129 e. The van der Waals surface area contributed by atoms with Crippen molar-refractivity contribution in [3.63, 3.8) is 0 Å². The van der Waals surface area contributed by atoms with E-state index in [9.17, 15) is 0 Å². The van der Waals surface area contributed by atoms with Crippen molar-refractivity contribution in [3.8, 4) is 5.75 Å². The molecule has 118 valence electrons. The van der Waals surface area contributed by atoms with E-state index in [4.69, 9.17) is 9.72 Å². The maximum Gasteiger partial charge on any atom is 0.129 e. The fourth-order valence-electron chi connectivity index (χ4n) is 2.63. The van der Waals surface area contributed by atoms with Crippen molar-refractivity contribution < 1.29 is 4.74 Å². The summed E-state index contributed by atoms with van der Waals surface area (Å²) in [5.74, 6) is 1.80. The molecule has 0 amide bonds. The highest BCUT2D eigenvalue weighted by atomic mass is 16.5. The van der Waals surface area contributed by atoms with E-state index in [0.717, 1.165) is 41.1 Å². The quantitative estimate of drug-likeness (QED) is 0.721. The molecule has 0 aliphatic rings. The third kappa shape index (κ3) is 3.42. The van der Waals surface area contributed by atoms with Crippen molar-refractivity contribution >= 4 is 16.7 Å². The molecule has 4 nitrogen and oxygen atoms in total. The van der Waals surface area contributed by atoms with Crippen molar-refractivity contribution in [1.29, 1.82) is 0 Å². The third-order valence-corrected chi connectivity index (χ3v) is 4.03. The molecule has 0 atom stereocenters. The summed E-state index contributed by atoms with van der Waals surface area (Å²) in [4.78, 5) is 11.3. The number of hydrogen-bond donors (Lipinski definition) is 0. The zero-order chi connectivity index (χ0) is 16.2. The number of rotatable bonds is 5. The van der Waals surface area contributed by atoms with E-state index in [1.54, 1.807) is 7.11 Å². The van der Waals surface area contributed by atoms with Gasteiger partial charge >= 0.3 is 0 Å². The number of aromatic nitrogens is 2. The van der Waals surface area contributed by atoms with E-state index >= 15 is 0 Å². The van der Waals surface area contributed by atoms with Crippen LogP contribution in [0.4, 0.5) is 5.82 Å². The maximum atomic E-state index is 5.31. The molecule has 1 aromatic carbocycles. The van der Waals surface area contributed by atoms with E-state index in [1.807, 2.05) is 30.5 Å². The Balaban J connectivity index is 1.83. The monoisotopic (exact) mass is 307 g/mol. The predicted octanol–water partition coefficient (Wildman–Crippen LogP) is 3.63. The van der Waals surface area contributed by atoms with Crippen molar-refractivity contribution in [2.45, 2.75) is 13.3 Å². The van der Waals surface area contributed by atoms with E-state index in [-0.39, 0.29) is 0 Å². The predicted molar refractivity (Wildman–Crippen MR) is 94.2 cm³/mol. The van der Waals surface area contributed by atoms with Crippen LogP contribution < -0.4 is 9.64 Å². The molecule has 3 rings (SSSR count). The van der Waals surface area contributed by atoms with Gasteiger partial charge in [-0.15, -0.1) is 0 Å². The first-order valence-corrected chi connectivity index (χ1v) is 7.74. The molecule has 23 heavy (non-hydrogen) atoms. The van der Waals surface area contributed by atoms with Crippen molar-refractivity contribution in [3.05, 3.63) is 59.9 Å². The number of fused-ring (bicyclic) bond motifs is 1. The van der Waals surface area contributed by atoms with Gasteiger partial charge in [-0.05, 0) is 42.8 Å². The van der Waals surface area contributed by atoms with Gasteiger partial charge in [0.05, 0.1) is 12.6 Å². The first-order valence-electron chi connectivity index (χ1n) is 7.74. The van der Waals surface area contributed by atoms with Crippen molar-refractivity contribution in [1.82, 2.24) is 9.97 Å². The van der Waals surface area contributed by atoms with Gasteiger partial charge in [0, 0.05) is 43.4 Å². The summed E-state index contributed by atoms with van der Waals surface area (Å²) >= 11 is 0. The molecule has 0 unspecified atom stereocenters. The number of hydrogen-bond acceptors (Lipinski definition) is 4. The lowest BCUT2D eigenvalue weighted by Crippen LogP contribution is -2.21. The van der Waals surface area contributed by atoms with Gasteiger partial charge in [0.15, 0.2) is 0 Å². The number of nitrogens with zero attached hydrogens (tertiary/aromatic N) is 3. The zero-order valence-electron chi connectivity index (χ0n) is 13.8. The lowest BCUT2D eigenvalue weighted by Gasteiger charge is -2.19. The summed E-state index contributed by atoms with van der Waals surface area (Å²) in [6.45, 7) is 2.99. The van der Waals surface area contributed by atoms with E-state index in [0.29, 0.717) is 0 Å². The fourth-order valence-corrected chi connectivity index (χ4v) is 2.63. The molecule has 0 aliphatic heterocycles. The Kier molecular flexibility index (Phi) is 4.42. The van der Waals surface area contributed by atoms with Gasteiger partial charge in [0.2, 0.25) is 0 Å². The summed E-state index contributed by atoms with van der Waals surface area (Å²) < 4.78 is 5.31. The normalized spacial score (nSPS) is 10.7. The first kappa shape index (κ1) is 15.3. The second kappa shape index (κ2) is 6.65. The number of benzene rings is 1. The van der Waals surface area contributed by atoms with Crippen LogP contribution in [0.5, 0.6) is 5.75 Å². The SMILES string of the molecule is COc1ccc2c(C)cc(N(C)CCc3ccccn3)nc2c1. The molecule has 2 aromatic heterocycles. The Morgan fingerprint density at radius 2 is 2.00 bits per heavy atom. The lowest BCUT2D eigenvalue weighted by molar-refractivity contribution is 0.415. The highest BCUT2D eigenvalue weighted by Gasteiger charge is 2.08. The van der Waals surface area contributed by atoms with Gasteiger partial charge < -0.3 is 9.64 Å². The third-order valence-electron chi connectivity index (χ3n) is 4.03. The largest absolute Gasteiger partial charge is 0.497 e. The highest BCUT2D eigenvalue weighted by molar-refractivity contribution is 5.85. The molecule has 0 saturated heterocycles. The van der Waals surface area contributed by atoms with Gasteiger partial charge in [-0.2, -0.15) is 0 Å². The summed E-state index contributed by atoms with van der Waals surface area (Å²) in [6, 6.07) is 14.2. The van der Waals surface area contributed by atoms with Crippen LogP contribution in [0.25, 0.3) is 10.9 Å². The van der Waals surface area contributed by atoms with Gasteiger partial charge in [-0.25, -0.2) is 4.98 Å². The number of pyridine rings is 2. The number of methoxy groups -OCH3 is 1. The van der Waals surface area contributed by atoms with Crippen LogP contribution in [0, 0.1) is 6.92 Å². The summed E-state index contributed by atoms with van der Waals surface area (Å²) in [5.41, 5.74) is 3.28. The molecule has 0 bridgehead atoms. The average molecular weight is 307 g/mol. The molecule has 0 fully saturated rings. The topological polar surface area (TPSA) is 38.2 Å². The van der Waals surface area contributed by atoms with Gasteiger partial charge in [-0.1, -0.05) is 6.07 Å². The average Bonchev–Trinajstić information content (AvgIpc) is 2.60. The van der Waals surface area contributed by atoms with Gasteiger partial charge in [-0.3, -0.25) is 4.98 Å². The number of anilines is 1. The molecule has 0 aliphatic carbocycles. The van der Waals surface area contributed by atoms with Crippen LogP contribution in [0.3, 0.4) is 0 Å². The highest BCUT2D eigenvalue weighted by Crippen LogP contribution is 2.25. The minimum absolute atomic E-state index is 0.831. The molecular weight excluding hydrogens is 286 g/mol. The number of ether oxygens (including phenoxy) is 1. The van der Waals surface area contributed by atoms with Crippen molar-refractivity contribution in [2.24, 2.45) is 0 Å². The Hall–Kier alpha value is -2.62. The Bertz CT molecular complexity index is 802. The summed E-state index contributed by atoms with van der Waals surface area (Å²) in [5, 5.41) is 1.16. The van der Waals surface area contributed by atoms with Crippen LogP contribution in [0.1, 0.15) is 11.3 Å². The molecule has 0 radical (unpaired) electrons. The van der Waals surface area contributed by atoms with Gasteiger partial charge in [0.1, 0.15) is 11.6 Å². The second-order valence-electron chi connectivity index (χ2n) is 5.67. The maximum absolute atomic E-state index is 5.31. The Morgan fingerprint density at radius 3 is 2.74 bits per heavy atom. The van der Waals surface area contributed by atoms with E-state index in [2.05, 4.69) is 42.1 Å². The Morgan fingerprint density at radius 1 is 1.13 bits per heavy atom. The second-order valence-corrected chi connectivity index (χ2v) is 5.67. The Labute approximate surface area is 136 Å². The molecule has 4 heteroatoms. The molecular formula is C19H21N3O. The molecule has 2 heterocycles. The van der Waals surface area contributed by atoms with Crippen LogP contribution in [-0.2, 0) is 6.42 Å². The van der Waals surface area contributed by atoms with E-state index < -0.39 is 0 Å². The number of aryl methyl sites for hydroxylation is 1. The molecule has 0 saturated carbocycles. The first-order chi connectivity index (χ1) is 11.2. The summed E-state index contributed by atoms with van der Waals surface area (Å²) in [6.07, 6.45) is 2.73.